The van der Waals surface area contributed by atoms with Crippen LogP contribution < -0.4 is 4.74 Å². The molecule has 1 aromatic carbocycles. The first kappa shape index (κ1) is 11.6. The third kappa shape index (κ3) is 3.04. The highest BCUT2D eigenvalue weighted by Gasteiger charge is 2.05. The van der Waals surface area contributed by atoms with Gasteiger partial charge >= 0.3 is 0 Å². The van der Waals surface area contributed by atoms with Gasteiger partial charge in [-0.1, -0.05) is 12.1 Å². The van der Waals surface area contributed by atoms with Crippen LogP contribution in [-0.4, -0.2) is 15.3 Å². The first-order valence-electron chi connectivity index (χ1n) is 5.35. The lowest BCUT2D eigenvalue weighted by atomic mass is 10.1. The zero-order valence-electron chi connectivity index (χ0n) is 9.75. The van der Waals surface area contributed by atoms with Gasteiger partial charge < -0.3 is 14.3 Å². The van der Waals surface area contributed by atoms with Crippen LogP contribution >= 0.6 is 0 Å². The summed E-state index contributed by atoms with van der Waals surface area (Å²) in [7, 11) is 0. The molecule has 0 radical (unpaired) electrons. The molecule has 0 aliphatic carbocycles. The number of hydrogen-bond donors (Lipinski definition) is 1. The molecule has 1 aromatic heterocycles. The van der Waals surface area contributed by atoms with Crippen LogP contribution in [0.4, 0.5) is 0 Å². The molecule has 0 fully saturated rings. The number of rotatable bonds is 4. The molecule has 90 valence electrons. The predicted molar refractivity (Wildman–Crippen MR) is 60.4 cm³/mol. The molecule has 5 heteroatoms. The molecule has 1 unspecified atom stereocenters. The monoisotopic (exact) mass is 234 g/mol. The second-order valence-corrected chi connectivity index (χ2v) is 3.75. The average molecular weight is 234 g/mol. The summed E-state index contributed by atoms with van der Waals surface area (Å²) in [6, 6.07) is 7.27. The van der Waals surface area contributed by atoms with Crippen molar-refractivity contribution in [2.24, 2.45) is 0 Å². The van der Waals surface area contributed by atoms with E-state index in [0.29, 0.717) is 17.5 Å². The summed E-state index contributed by atoms with van der Waals surface area (Å²) >= 11 is 0. The molecule has 0 bridgehead atoms. The van der Waals surface area contributed by atoms with Crippen molar-refractivity contribution in [2.75, 3.05) is 0 Å². The van der Waals surface area contributed by atoms with Crippen molar-refractivity contribution in [3.05, 3.63) is 41.6 Å². The summed E-state index contributed by atoms with van der Waals surface area (Å²) in [6.45, 7) is 3.66. The molecule has 2 rings (SSSR count). The maximum atomic E-state index is 9.44. The van der Waals surface area contributed by atoms with Gasteiger partial charge in [-0.15, -0.1) is 10.2 Å². The molecule has 17 heavy (non-hydrogen) atoms. The molecule has 0 aliphatic heterocycles. The van der Waals surface area contributed by atoms with E-state index in [9.17, 15) is 5.11 Å². The lowest BCUT2D eigenvalue weighted by Gasteiger charge is -2.07. The van der Waals surface area contributed by atoms with Gasteiger partial charge in [-0.2, -0.15) is 0 Å². The van der Waals surface area contributed by atoms with E-state index in [2.05, 4.69) is 10.2 Å². The van der Waals surface area contributed by atoms with Gasteiger partial charge in [-0.05, 0) is 24.6 Å². The zero-order valence-corrected chi connectivity index (χ0v) is 9.75. The van der Waals surface area contributed by atoms with Crippen LogP contribution in [0.5, 0.6) is 5.75 Å². The van der Waals surface area contributed by atoms with Gasteiger partial charge in [0, 0.05) is 6.92 Å². The lowest BCUT2D eigenvalue weighted by molar-refractivity contribution is 0.198. The number of nitrogens with zero attached hydrogens (tertiary/aromatic N) is 2. The van der Waals surface area contributed by atoms with Crippen LogP contribution in [0.1, 0.15) is 30.4 Å². The largest absolute Gasteiger partial charge is 0.484 e. The molecule has 2 aromatic rings. The fraction of sp³-hybridized carbons (Fsp3) is 0.333. The summed E-state index contributed by atoms with van der Waals surface area (Å²) in [4.78, 5) is 0. The van der Waals surface area contributed by atoms with E-state index < -0.39 is 6.10 Å². The summed E-state index contributed by atoms with van der Waals surface area (Å²) in [5, 5.41) is 17.0. The minimum Gasteiger partial charge on any atom is -0.484 e. The molecule has 1 N–H and O–H groups in total. The van der Waals surface area contributed by atoms with E-state index in [4.69, 9.17) is 9.15 Å². The topological polar surface area (TPSA) is 68.4 Å². The van der Waals surface area contributed by atoms with Gasteiger partial charge in [0.15, 0.2) is 6.61 Å². The van der Waals surface area contributed by atoms with Crippen molar-refractivity contribution in [1.29, 1.82) is 0 Å². The number of ether oxygens (including phenoxy) is 1. The number of aliphatic hydroxyl groups is 1. The van der Waals surface area contributed by atoms with Crippen molar-refractivity contribution in [3.8, 4) is 5.75 Å². The molecule has 1 atom stereocenters. The first-order chi connectivity index (χ1) is 8.15. The lowest BCUT2D eigenvalue weighted by Crippen LogP contribution is -1.97. The molecule has 5 nitrogen and oxygen atoms in total. The number of aromatic nitrogens is 2. The molecule has 0 spiro atoms. The highest BCUT2D eigenvalue weighted by atomic mass is 16.5. The third-order valence-corrected chi connectivity index (χ3v) is 2.27. The van der Waals surface area contributed by atoms with Gasteiger partial charge in [-0.3, -0.25) is 0 Å². The second kappa shape index (κ2) is 4.97. The molecule has 0 aliphatic rings. The van der Waals surface area contributed by atoms with E-state index in [-0.39, 0.29) is 6.61 Å². The zero-order chi connectivity index (χ0) is 12.3. The van der Waals surface area contributed by atoms with Gasteiger partial charge in [0.1, 0.15) is 5.75 Å². The first-order valence-corrected chi connectivity index (χ1v) is 5.35. The summed E-state index contributed by atoms with van der Waals surface area (Å²) < 4.78 is 10.7. The maximum absolute atomic E-state index is 9.44. The van der Waals surface area contributed by atoms with E-state index in [0.717, 1.165) is 5.56 Å². The van der Waals surface area contributed by atoms with E-state index in [1.54, 1.807) is 19.9 Å². The Balaban J connectivity index is 2.01. The molecule has 0 amide bonds. The highest BCUT2D eigenvalue weighted by molar-refractivity contribution is 5.29. The predicted octanol–water partition coefficient (Wildman–Crippen LogP) is 2.01. The Morgan fingerprint density at radius 3 is 2.88 bits per heavy atom. The van der Waals surface area contributed by atoms with Crippen LogP contribution in [-0.2, 0) is 6.61 Å². The Morgan fingerprint density at radius 1 is 1.41 bits per heavy atom. The number of hydrogen-bond acceptors (Lipinski definition) is 5. The van der Waals surface area contributed by atoms with Crippen molar-refractivity contribution in [2.45, 2.75) is 26.6 Å². The van der Waals surface area contributed by atoms with E-state index in [1.165, 1.54) is 0 Å². The van der Waals surface area contributed by atoms with Crippen molar-refractivity contribution in [3.63, 3.8) is 0 Å². The van der Waals surface area contributed by atoms with Crippen LogP contribution in [0.3, 0.4) is 0 Å². The quantitative estimate of drug-likeness (QED) is 0.876. The number of aliphatic hydroxyl groups excluding tert-OH is 1. The Bertz CT molecular complexity index is 494. The summed E-state index contributed by atoms with van der Waals surface area (Å²) in [5.74, 6) is 1.62. The highest BCUT2D eigenvalue weighted by Crippen LogP contribution is 2.19. The Hall–Kier alpha value is -1.88. The van der Waals surface area contributed by atoms with Gasteiger partial charge in [0.25, 0.3) is 5.89 Å². The second-order valence-electron chi connectivity index (χ2n) is 3.75. The minimum absolute atomic E-state index is 0.226. The van der Waals surface area contributed by atoms with Gasteiger partial charge in [0.05, 0.1) is 6.10 Å². The van der Waals surface area contributed by atoms with Crippen molar-refractivity contribution >= 4 is 0 Å². The molecular weight excluding hydrogens is 220 g/mol. The van der Waals surface area contributed by atoms with E-state index in [1.807, 2.05) is 18.2 Å². The Kier molecular flexibility index (Phi) is 3.39. The molecule has 0 saturated heterocycles. The normalized spacial score (nSPS) is 12.4. The van der Waals surface area contributed by atoms with Crippen molar-refractivity contribution < 1.29 is 14.3 Å². The Morgan fingerprint density at radius 2 is 2.24 bits per heavy atom. The van der Waals surface area contributed by atoms with Gasteiger partial charge in [-0.25, -0.2) is 0 Å². The van der Waals surface area contributed by atoms with Crippen molar-refractivity contribution in [1.82, 2.24) is 10.2 Å². The van der Waals surface area contributed by atoms with Gasteiger partial charge in [0.2, 0.25) is 5.89 Å². The third-order valence-electron chi connectivity index (χ3n) is 2.27. The molecule has 1 heterocycles. The molecular formula is C12H14N2O3. The summed E-state index contributed by atoms with van der Waals surface area (Å²) in [5.41, 5.74) is 0.809. The standard InChI is InChI=1S/C12H14N2O3/c1-8(15)10-4-3-5-11(6-10)16-7-12-14-13-9(2)17-12/h3-6,8,15H,7H2,1-2H3. The summed E-state index contributed by atoms with van der Waals surface area (Å²) in [6.07, 6.45) is -0.510. The smallest absolute Gasteiger partial charge is 0.253 e. The fourth-order valence-electron chi connectivity index (χ4n) is 1.41. The minimum atomic E-state index is -0.510. The fourth-order valence-corrected chi connectivity index (χ4v) is 1.41. The van der Waals surface area contributed by atoms with Crippen LogP contribution in [0.2, 0.25) is 0 Å². The van der Waals surface area contributed by atoms with Crippen LogP contribution in [0.25, 0.3) is 0 Å². The SMILES string of the molecule is Cc1nnc(COc2cccc(C(C)O)c2)o1. The maximum Gasteiger partial charge on any atom is 0.253 e. The average Bonchev–Trinajstić information content (AvgIpc) is 2.73. The number of aryl methyl sites for hydroxylation is 1. The van der Waals surface area contributed by atoms with Crippen LogP contribution in [0, 0.1) is 6.92 Å². The number of benzene rings is 1. The Labute approximate surface area is 99.1 Å². The van der Waals surface area contributed by atoms with Crippen LogP contribution in [0.15, 0.2) is 28.7 Å². The molecule has 0 saturated carbocycles. The van der Waals surface area contributed by atoms with E-state index >= 15 is 0 Å².